The normalized spacial score (nSPS) is 15.7. The van der Waals surface area contributed by atoms with Crippen LogP contribution in [0.15, 0.2) is 54.6 Å². The maximum Gasteiger partial charge on any atom is 0.251 e. The zero-order valence-electron chi connectivity index (χ0n) is 14.7. The molecule has 1 heterocycles. The van der Waals surface area contributed by atoms with Gasteiger partial charge in [0.15, 0.2) is 0 Å². The number of amides is 1. The van der Waals surface area contributed by atoms with Crippen molar-refractivity contribution in [3.05, 3.63) is 70.7 Å². The van der Waals surface area contributed by atoms with Crippen molar-refractivity contribution in [1.29, 1.82) is 0 Å². The molecule has 0 aromatic heterocycles. The van der Waals surface area contributed by atoms with Gasteiger partial charge in [0.1, 0.15) is 0 Å². The fraction of sp³-hybridized carbons (Fsp3) is 0.286. The van der Waals surface area contributed by atoms with Gasteiger partial charge in [0, 0.05) is 36.8 Å². The quantitative estimate of drug-likeness (QED) is 0.626. The summed E-state index contributed by atoms with van der Waals surface area (Å²) < 4.78 is 5.35. The SMILES string of the molecule is O=C(NCCN1CCOCC1)/C(=C/c1ccccc1Cl)c1ccccc1. The van der Waals surface area contributed by atoms with Gasteiger partial charge in [0.2, 0.25) is 0 Å². The van der Waals surface area contributed by atoms with Crippen LogP contribution in [-0.2, 0) is 9.53 Å². The summed E-state index contributed by atoms with van der Waals surface area (Å²) in [5, 5.41) is 3.66. The molecule has 1 fully saturated rings. The van der Waals surface area contributed by atoms with Crippen LogP contribution in [0.3, 0.4) is 0 Å². The molecule has 136 valence electrons. The summed E-state index contributed by atoms with van der Waals surface area (Å²) in [6.07, 6.45) is 1.85. The molecule has 1 amide bonds. The molecule has 0 atom stereocenters. The summed E-state index contributed by atoms with van der Waals surface area (Å²) in [5.74, 6) is -0.0932. The zero-order valence-corrected chi connectivity index (χ0v) is 15.4. The van der Waals surface area contributed by atoms with Crippen LogP contribution >= 0.6 is 11.6 Å². The van der Waals surface area contributed by atoms with Crippen molar-refractivity contribution in [3.8, 4) is 0 Å². The number of morpholine rings is 1. The van der Waals surface area contributed by atoms with Crippen molar-refractivity contribution in [2.24, 2.45) is 0 Å². The largest absolute Gasteiger partial charge is 0.379 e. The molecule has 2 aromatic rings. The molecule has 26 heavy (non-hydrogen) atoms. The number of carbonyl (C=O) groups excluding carboxylic acids is 1. The second-order valence-electron chi connectivity index (χ2n) is 6.16. The van der Waals surface area contributed by atoms with Gasteiger partial charge in [0.25, 0.3) is 5.91 Å². The third kappa shape index (κ3) is 5.18. The predicted octanol–water partition coefficient (Wildman–Crippen LogP) is 3.33. The Hall–Kier alpha value is -2.14. The number of nitrogens with zero attached hydrogens (tertiary/aromatic N) is 1. The van der Waals surface area contributed by atoms with E-state index in [1.165, 1.54) is 0 Å². The number of carbonyl (C=O) groups is 1. The predicted molar refractivity (Wildman–Crippen MR) is 106 cm³/mol. The van der Waals surface area contributed by atoms with Crippen molar-refractivity contribution in [2.75, 3.05) is 39.4 Å². The minimum Gasteiger partial charge on any atom is -0.379 e. The van der Waals surface area contributed by atoms with Gasteiger partial charge in [-0.25, -0.2) is 0 Å². The van der Waals surface area contributed by atoms with E-state index >= 15 is 0 Å². The average molecular weight is 371 g/mol. The third-order valence-electron chi connectivity index (χ3n) is 4.35. The highest BCUT2D eigenvalue weighted by Gasteiger charge is 2.14. The number of ether oxygens (including phenoxy) is 1. The van der Waals surface area contributed by atoms with E-state index in [9.17, 15) is 4.79 Å². The lowest BCUT2D eigenvalue weighted by Crippen LogP contribution is -2.41. The Bertz CT molecular complexity index is 756. The Balaban J connectivity index is 1.73. The number of halogens is 1. The first-order chi connectivity index (χ1) is 12.7. The Morgan fingerprint density at radius 1 is 1.08 bits per heavy atom. The summed E-state index contributed by atoms with van der Waals surface area (Å²) in [6.45, 7) is 4.77. The summed E-state index contributed by atoms with van der Waals surface area (Å²) in [4.78, 5) is 15.1. The average Bonchev–Trinajstić information content (AvgIpc) is 2.69. The molecular formula is C21H23ClN2O2. The third-order valence-corrected chi connectivity index (χ3v) is 4.70. The molecule has 0 radical (unpaired) electrons. The van der Waals surface area contributed by atoms with Crippen LogP contribution in [0.5, 0.6) is 0 Å². The molecule has 0 unspecified atom stereocenters. The van der Waals surface area contributed by atoms with Gasteiger partial charge < -0.3 is 10.1 Å². The van der Waals surface area contributed by atoms with Gasteiger partial charge in [0.05, 0.1) is 13.2 Å². The second kappa shape index (κ2) is 9.53. The standard InChI is InChI=1S/C21H23ClN2O2/c22-20-9-5-4-8-18(20)16-19(17-6-2-1-3-7-17)21(25)23-10-11-24-12-14-26-15-13-24/h1-9,16H,10-15H2,(H,23,25)/b19-16+. The van der Waals surface area contributed by atoms with Gasteiger partial charge in [-0.05, 0) is 23.3 Å². The van der Waals surface area contributed by atoms with Crippen molar-refractivity contribution in [3.63, 3.8) is 0 Å². The highest BCUT2D eigenvalue weighted by atomic mass is 35.5. The first-order valence-corrected chi connectivity index (χ1v) is 9.22. The lowest BCUT2D eigenvalue weighted by Gasteiger charge is -2.26. The first-order valence-electron chi connectivity index (χ1n) is 8.84. The summed E-state index contributed by atoms with van der Waals surface area (Å²) in [6, 6.07) is 17.2. The van der Waals surface area contributed by atoms with Crippen LogP contribution in [-0.4, -0.2) is 50.2 Å². The van der Waals surface area contributed by atoms with Gasteiger partial charge in [-0.2, -0.15) is 0 Å². The Morgan fingerprint density at radius 2 is 1.77 bits per heavy atom. The fourth-order valence-electron chi connectivity index (χ4n) is 2.89. The Morgan fingerprint density at radius 3 is 2.50 bits per heavy atom. The van der Waals surface area contributed by atoms with Crippen molar-refractivity contribution in [2.45, 2.75) is 0 Å². The van der Waals surface area contributed by atoms with Crippen LogP contribution in [0.1, 0.15) is 11.1 Å². The molecule has 0 saturated carbocycles. The maximum absolute atomic E-state index is 12.8. The molecular weight excluding hydrogens is 348 g/mol. The topological polar surface area (TPSA) is 41.6 Å². The van der Waals surface area contributed by atoms with E-state index < -0.39 is 0 Å². The molecule has 1 aliphatic rings. The van der Waals surface area contributed by atoms with Crippen molar-refractivity contribution < 1.29 is 9.53 Å². The van der Waals surface area contributed by atoms with Crippen LogP contribution in [0.2, 0.25) is 5.02 Å². The summed E-state index contributed by atoms with van der Waals surface area (Å²) in [7, 11) is 0. The second-order valence-corrected chi connectivity index (χ2v) is 6.56. The van der Waals surface area contributed by atoms with Crippen LogP contribution in [0, 0.1) is 0 Å². The van der Waals surface area contributed by atoms with E-state index in [2.05, 4.69) is 10.2 Å². The molecule has 1 N–H and O–H groups in total. The molecule has 0 spiro atoms. The van der Waals surface area contributed by atoms with Gasteiger partial charge >= 0.3 is 0 Å². The summed E-state index contributed by atoms with van der Waals surface area (Å²) >= 11 is 6.27. The molecule has 0 bridgehead atoms. The van der Waals surface area contributed by atoms with Gasteiger partial charge in [-0.3, -0.25) is 9.69 Å². The number of rotatable bonds is 6. The fourth-order valence-corrected chi connectivity index (χ4v) is 3.08. The lowest BCUT2D eigenvalue weighted by molar-refractivity contribution is -0.115. The number of hydrogen-bond donors (Lipinski definition) is 1. The first kappa shape index (κ1) is 18.6. The van der Waals surface area contributed by atoms with Crippen LogP contribution < -0.4 is 5.32 Å². The van der Waals surface area contributed by atoms with E-state index in [1.807, 2.05) is 60.7 Å². The molecule has 3 rings (SSSR count). The smallest absolute Gasteiger partial charge is 0.251 e. The Labute approximate surface area is 159 Å². The molecule has 0 aliphatic carbocycles. The van der Waals surface area contributed by atoms with E-state index in [0.29, 0.717) is 17.1 Å². The molecule has 2 aromatic carbocycles. The van der Waals surface area contributed by atoms with Crippen LogP contribution in [0.4, 0.5) is 0 Å². The van der Waals surface area contributed by atoms with E-state index in [1.54, 1.807) is 0 Å². The van der Waals surface area contributed by atoms with Gasteiger partial charge in [-0.1, -0.05) is 60.1 Å². The summed E-state index contributed by atoms with van der Waals surface area (Å²) in [5.41, 5.74) is 2.31. The monoisotopic (exact) mass is 370 g/mol. The molecule has 5 heteroatoms. The van der Waals surface area contributed by atoms with Crippen molar-refractivity contribution >= 4 is 29.2 Å². The van der Waals surface area contributed by atoms with E-state index in [4.69, 9.17) is 16.3 Å². The minimum atomic E-state index is -0.0932. The minimum absolute atomic E-state index is 0.0932. The maximum atomic E-state index is 12.8. The molecule has 1 aliphatic heterocycles. The Kier molecular flexibility index (Phi) is 6.83. The van der Waals surface area contributed by atoms with E-state index in [0.717, 1.165) is 44.0 Å². The highest BCUT2D eigenvalue weighted by molar-refractivity contribution is 6.33. The van der Waals surface area contributed by atoms with Crippen LogP contribution in [0.25, 0.3) is 11.6 Å². The molecule has 4 nitrogen and oxygen atoms in total. The van der Waals surface area contributed by atoms with E-state index in [-0.39, 0.29) is 5.91 Å². The number of nitrogens with one attached hydrogen (secondary N) is 1. The highest BCUT2D eigenvalue weighted by Crippen LogP contribution is 2.23. The number of benzene rings is 2. The van der Waals surface area contributed by atoms with Gasteiger partial charge in [-0.15, -0.1) is 0 Å². The van der Waals surface area contributed by atoms with Crippen molar-refractivity contribution in [1.82, 2.24) is 10.2 Å². The lowest BCUT2D eigenvalue weighted by atomic mass is 10.0. The number of hydrogen-bond acceptors (Lipinski definition) is 3. The molecule has 1 saturated heterocycles. The zero-order chi connectivity index (χ0) is 18.2.